The standard InChI is InChI=1S/C28H31N5O2/c1-2-35-24-14-12-23(13-15-24)29-28(34)32-18-16-31(17-19-32)21-27-30-25-10-6-7-11-26(25)33(27)20-22-8-4-3-5-9-22/h3-15H,2,16-21H2,1H3,(H,29,34). The monoisotopic (exact) mass is 469 g/mol. The smallest absolute Gasteiger partial charge is 0.321 e. The Balaban J connectivity index is 1.21. The molecule has 0 aliphatic carbocycles. The first kappa shape index (κ1) is 22.9. The Bertz CT molecular complexity index is 1260. The highest BCUT2D eigenvalue weighted by Crippen LogP contribution is 2.20. The number of nitrogens with zero attached hydrogens (tertiary/aromatic N) is 4. The Labute approximate surface area is 205 Å². The zero-order valence-corrected chi connectivity index (χ0v) is 20.1. The van der Waals surface area contributed by atoms with Gasteiger partial charge in [0.25, 0.3) is 0 Å². The number of rotatable bonds is 7. The van der Waals surface area contributed by atoms with Crippen molar-refractivity contribution in [3.05, 3.63) is 90.3 Å². The average molecular weight is 470 g/mol. The van der Waals surface area contributed by atoms with Gasteiger partial charge in [0.15, 0.2) is 0 Å². The fraction of sp³-hybridized carbons (Fsp3) is 0.286. The van der Waals surface area contributed by atoms with Crippen LogP contribution >= 0.6 is 0 Å². The number of ether oxygens (including phenoxy) is 1. The summed E-state index contributed by atoms with van der Waals surface area (Å²) >= 11 is 0. The fourth-order valence-electron chi connectivity index (χ4n) is 4.50. The molecular weight excluding hydrogens is 438 g/mol. The molecule has 0 saturated carbocycles. The van der Waals surface area contributed by atoms with Crippen molar-refractivity contribution in [2.45, 2.75) is 20.0 Å². The normalized spacial score (nSPS) is 14.3. The maximum Gasteiger partial charge on any atom is 0.321 e. The van der Waals surface area contributed by atoms with E-state index in [2.05, 4.69) is 57.2 Å². The van der Waals surface area contributed by atoms with E-state index in [0.717, 1.165) is 54.5 Å². The minimum absolute atomic E-state index is 0.0647. The van der Waals surface area contributed by atoms with Gasteiger partial charge in [0.1, 0.15) is 11.6 Å². The van der Waals surface area contributed by atoms with Crippen LogP contribution in [0.15, 0.2) is 78.9 Å². The van der Waals surface area contributed by atoms with Gasteiger partial charge in [-0.2, -0.15) is 0 Å². The molecule has 1 saturated heterocycles. The van der Waals surface area contributed by atoms with Gasteiger partial charge in [0.05, 0.1) is 24.2 Å². The number of hydrogen-bond donors (Lipinski definition) is 1. The number of anilines is 1. The maximum atomic E-state index is 12.8. The molecule has 2 heterocycles. The second-order valence-electron chi connectivity index (χ2n) is 8.74. The van der Waals surface area contributed by atoms with Gasteiger partial charge in [-0.15, -0.1) is 0 Å². The summed E-state index contributed by atoms with van der Waals surface area (Å²) in [6, 6.07) is 26.2. The lowest BCUT2D eigenvalue weighted by molar-refractivity contribution is 0.140. The first-order valence-electron chi connectivity index (χ1n) is 12.2. The van der Waals surface area contributed by atoms with Crippen LogP contribution < -0.4 is 10.1 Å². The van der Waals surface area contributed by atoms with Gasteiger partial charge in [-0.1, -0.05) is 42.5 Å². The van der Waals surface area contributed by atoms with E-state index in [1.807, 2.05) is 48.2 Å². The Hall–Kier alpha value is -3.84. The number of hydrogen-bond acceptors (Lipinski definition) is 4. The molecule has 1 aromatic heterocycles. The van der Waals surface area contributed by atoms with Crippen LogP contribution in [0.4, 0.5) is 10.5 Å². The molecule has 4 aromatic rings. The van der Waals surface area contributed by atoms with Crippen LogP contribution in [0.1, 0.15) is 18.3 Å². The number of piperazine rings is 1. The van der Waals surface area contributed by atoms with Crippen molar-refractivity contribution >= 4 is 22.8 Å². The molecule has 0 bridgehead atoms. The minimum atomic E-state index is -0.0647. The van der Waals surface area contributed by atoms with Crippen LogP contribution in [0, 0.1) is 0 Å². The first-order chi connectivity index (χ1) is 17.2. The molecule has 7 heteroatoms. The fourth-order valence-corrected chi connectivity index (χ4v) is 4.50. The Kier molecular flexibility index (Phi) is 6.95. The van der Waals surface area contributed by atoms with Crippen molar-refractivity contribution in [1.82, 2.24) is 19.4 Å². The summed E-state index contributed by atoms with van der Waals surface area (Å²) in [5.41, 5.74) is 4.20. The van der Waals surface area contributed by atoms with Gasteiger partial charge in [0.2, 0.25) is 0 Å². The molecule has 3 aromatic carbocycles. The second-order valence-corrected chi connectivity index (χ2v) is 8.74. The Morgan fingerprint density at radius 3 is 2.34 bits per heavy atom. The summed E-state index contributed by atoms with van der Waals surface area (Å²) in [4.78, 5) is 22.0. The van der Waals surface area contributed by atoms with Gasteiger partial charge in [0, 0.05) is 38.4 Å². The minimum Gasteiger partial charge on any atom is -0.494 e. The summed E-state index contributed by atoms with van der Waals surface area (Å²) in [5, 5.41) is 3.00. The zero-order valence-electron chi connectivity index (χ0n) is 20.1. The van der Waals surface area contributed by atoms with E-state index < -0.39 is 0 Å². The highest BCUT2D eigenvalue weighted by molar-refractivity contribution is 5.89. The molecule has 0 unspecified atom stereocenters. The highest BCUT2D eigenvalue weighted by Gasteiger charge is 2.23. The molecular formula is C28H31N5O2. The second kappa shape index (κ2) is 10.6. The summed E-state index contributed by atoms with van der Waals surface area (Å²) < 4.78 is 7.78. The van der Waals surface area contributed by atoms with Crippen LogP contribution in [-0.2, 0) is 13.1 Å². The predicted molar refractivity (Wildman–Crippen MR) is 139 cm³/mol. The van der Waals surface area contributed by atoms with E-state index in [1.165, 1.54) is 5.56 Å². The van der Waals surface area contributed by atoms with Crippen LogP contribution in [-0.4, -0.2) is 58.2 Å². The number of carbonyl (C=O) groups is 1. The lowest BCUT2D eigenvalue weighted by Crippen LogP contribution is -2.49. The molecule has 35 heavy (non-hydrogen) atoms. The average Bonchev–Trinajstić information content (AvgIpc) is 3.23. The topological polar surface area (TPSA) is 62.6 Å². The van der Waals surface area contributed by atoms with Crippen molar-refractivity contribution in [2.24, 2.45) is 0 Å². The van der Waals surface area contributed by atoms with Crippen LogP contribution in [0.25, 0.3) is 11.0 Å². The summed E-state index contributed by atoms with van der Waals surface area (Å²) in [5.74, 6) is 1.86. The molecule has 7 nitrogen and oxygen atoms in total. The van der Waals surface area contributed by atoms with E-state index in [1.54, 1.807) is 0 Å². The molecule has 2 amide bonds. The number of benzene rings is 3. The molecule has 5 rings (SSSR count). The molecule has 0 spiro atoms. The third-order valence-corrected chi connectivity index (χ3v) is 6.36. The number of para-hydroxylation sites is 2. The molecule has 1 aliphatic rings. The van der Waals surface area contributed by atoms with Crippen LogP contribution in [0.3, 0.4) is 0 Å². The number of urea groups is 1. The SMILES string of the molecule is CCOc1ccc(NC(=O)N2CCN(Cc3nc4ccccc4n3Cc3ccccc3)CC2)cc1. The molecule has 1 N–H and O–H groups in total. The van der Waals surface area contributed by atoms with Gasteiger partial charge >= 0.3 is 6.03 Å². The van der Waals surface area contributed by atoms with E-state index in [9.17, 15) is 4.79 Å². The molecule has 0 radical (unpaired) electrons. The van der Waals surface area contributed by atoms with Crippen LogP contribution in [0.5, 0.6) is 5.75 Å². The molecule has 0 atom stereocenters. The van der Waals surface area contributed by atoms with Crippen molar-refractivity contribution < 1.29 is 9.53 Å². The Morgan fingerprint density at radius 1 is 0.886 bits per heavy atom. The largest absolute Gasteiger partial charge is 0.494 e. The number of carbonyl (C=O) groups excluding carboxylic acids is 1. The van der Waals surface area contributed by atoms with Crippen LogP contribution in [0.2, 0.25) is 0 Å². The van der Waals surface area contributed by atoms with E-state index in [-0.39, 0.29) is 6.03 Å². The number of amides is 2. The Morgan fingerprint density at radius 2 is 1.60 bits per heavy atom. The third kappa shape index (κ3) is 5.46. The number of imidazole rings is 1. The number of nitrogens with one attached hydrogen (secondary N) is 1. The number of fused-ring (bicyclic) bond motifs is 1. The number of aromatic nitrogens is 2. The van der Waals surface area contributed by atoms with Gasteiger partial charge in [-0.3, -0.25) is 4.90 Å². The van der Waals surface area contributed by atoms with Crippen molar-refractivity contribution in [3.8, 4) is 5.75 Å². The van der Waals surface area contributed by atoms with Crippen molar-refractivity contribution in [3.63, 3.8) is 0 Å². The lowest BCUT2D eigenvalue weighted by atomic mass is 10.2. The zero-order chi connectivity index (χ0) is 24.0. The van der Waals surface area contributed by atoms with E-state index >= 15 is 0 Å². The summed E-state index contributed by atoms with van der Waals surface area (Å²) in [7, 11) is 0. The lowest BCUT2D eigenvalue weighted by Gasteiger charge is -2.34. The highest BCUT2D eigenvalue weighted by atomic mass is 16.5. The van der Waals surface area contributed by atoms with E-state index in [0.29, 0.717) is 19.7 Å². The van der Waals surface area contributed by atoms with Gasteiger partial charge in [-0.05, 0) is 48.9 Å². The summed E-state index contributed by atoms with van der Waals surface area (Å²) in [6.45, 7) is 7.11. The van der Waals surface area contributed by atoms with Gasteiger partial charge in [-0.25, -0.2) is 9.78 Å². The molecule has 180 valence electrons. The molecule has 1 aliphatic heterocycles. The predicted octanol–water partition coefficient (Wildman–Crippen LogP) is 4.83. The first-order valence-corrected chi connectivity index (χ1v) is 12.2. The maximum absolute atomic E-state index is 12.8. The quantitative estimate of drug-likeness (QED) is 0.421. The van der Waals surface area contributed by atoms with Crippen molar-refractivity contribution in [1.29, 1.82) is 0 Å². The third-order valence-electron chi connectivity index (χ3n) is 6.36. The van der Waals surface area contributed by atoms with E-state index in [4.69, 9.17) is 9.72 Å². The molecule has 1 fully saturated rings. The summed E-state index contributed by atoms with van der Waals surface area (Å²) in [6.07, 6.45) is 0. The van der Waals surface area contributed by atoms with Crippen molar-refractivity contribution in [2.75, 3.05) is 38.1 Å². The van der Waals surface area contributed by atoms with Gasteiger partial charge < -0.3 is 19.5 Å².